The van der Waals surface area contributed by atoms with Gasteiger partial charge in [0.15, 0.2) is 0 Å². The van der Waals surface area contributed by atoms with Gasteiger partial charge in [0, 0.05) is 16.7 Å². The van der Waals surface area contributed by atoms with E-state index in [0.29, 0.717) is 16.9 Å². The Morgan fingerprint density at radius 1 is 1.31 bits per heavy atom. The van der Waals surface area contributed by atoms with E-state index in [0.717, 1.165) is 6.07 Å². The van der Waals surface area contributed by atoms with Gasteiger partial charge >= 0.3 is 6.18 Å². The van der Waals surface area contributed by atoms with Crippen LogP contribution in [0, 0.1) is 5.92 Å². The van der Waals surface area contributed by atoms with Gasteiger partial charge in [-0.25, -0.2) is 0 Å². The first-order valence-corrected chi connectivity index (χ1v) is 5.70. The summed E-state index contributed by atoms with van der Waals surface area (Å²) in [5.74, 6) is 0.292. The van der Waals surface area contributed by atoms with E-state index in [2.05, 4.69) is 21.2 Å². The summed E-state index contributed by atoms with van der Waals surface area (Å²) in [6.07, 6.45) is -4.32. The predicted octanol–water partition coefficient (Wildman–Crippen LogP) is 4.54. The molecule has 1 N–H and O–H groups in total. The van der Waals surface area contributed by atoms with Crippen molar-refractivity contribution in [3.05, 3.63) is 28.2 Å². The number of nitrogens with one attached hydrogen (secondary N) is 1. The summed E-state index contributed by atoms with van der Waals surface area (Å²) in [6, 6.07) is 3.92. The molecule has 0 aliphatic heterocycles. The average molecular weight is 296 g/mol. The van der Waals surface area contributed by atoms with Crippen LogP contribution in [0.2, 0.25) is 0 Å². The topological polar surface area (TPSA) is 12.0 Å². The third-order valence-electron chi connectivity index (χ3n) is 1.99. The van der Waals surface area contributed by atoms with Gasteiger partial charge in [-0.15, -0.1) is 0 Å². The fourth-order valence-corrected chi connectivity index (χ4v) is 1.59. The number of anilines is 1. The van der Waals surface area contributed by atoms with Crippen molar-refractivity contribution in [2.45, 2.75) is 20.0 Å². The van der Waals surface area contributed by atoms with E-state index in [1.54, 1.807) is 0 Å². The van der Waals surface area contributed by atoms with Crippen LogP contribution in [0.5, 0.6) is 0 Å². The summed E-state index contributed by atoms with van der Waals surface area (Å²) in [4.78, 5) is 0. The van der Waals surface area contributed by atoms with Crippen molar-refractivity contribution >= 4 is 21.6 Å². The highest BCUT2D eigenvalue weighted by atomic mass is 79.9. The molecule has 0 aliphatic carbocycles. The van der Waals surface area contributed by atoms with E-state index in [9.17, 15) is 13.2 Å². The first-order chi connectivity index (χ1) is 7.30. The molecule has 1 rings (SSSR count). The number of hydrogen-bond donors (Lipinski definition) is 1. The first-order valence-electron chi connectivity index (χ1n) is 4.91. The van der Waals surface area contributed by atoms with Gasteiger partial charge in [0.05, 0.1) is 5.56 Å². The first kappa shape index (κ1) is 13.4. The molecular formula is C11H13BrF3N. The predicted molar refractivity (Wildman–Crippen MR) is 62.5 cm³/mol. The number of alkyl halides is 3. The van der Waals surface area contributed by atoms with Gasteiger partial charge < -0.3 is 5.32 Å². The second kappa shape index (κ2) is 5.08. The molecule has 0 unspecified atom stereocenters. The van der Waals surface area contributed by atoms with Crippen molar-refractivity contribution in [1.82, 2.24) is 0 Å². The Hall–Kier alpha value is -0.710. The maximum atomic E-state index is 12.6. The molecule has 1 aromatic rings. The molecule has 0 heterocycles. The van der Waals surface area contributed by atoms with Gasteiger partial charge in [-0.3, -0.25) is 0 Å². The van der Waals surface area contributed by atoms with E-state index < -0.39 is 11.7 Å². The second-order valence-electron chi connectivity index (χ2n) is 3.96. The molecule has 0 amide bonds. The molecule has 0 spiro atoms. The monoisotopic (exact) mass is 295 g/mol. The molecule has 1 aromatic carbocycles. The molecule has 5 heteroatoms. The van der Waals surface area contributed by atoms with Gasteiger partial charge in [-0.1, -0.05) is 29.8 Å². The number of halogens is 4. The van der Waals surface area contributed by atoms with Crippen LogP contribution in [0.4, 0.5) is 18.9 Å². The van der Waals surface area contributed by atoms with Crippen LogP contribution in [0.3, 0.4) is 0 Å². The SMILES string of the molecule is CC(C)CNc1cc(Br)ccc1C(F)(F)F. The van der Waals surface area contributed by atoms with Crippen LogP contribution in [-0.2, 0) is 6.18 Å². The molecule has 0 aromatic heterocycles. The van der Waals surface area contributed by atoms with Crippen molar-refractivity contribution in [2.24, 2.45) is 5.92 Å². The largest absolute Gasteiger partial charge is 0.418 e. The summed E-state index contributed by atoms with van der Waals surface area (Å²) >= 11 is 3.16. The fourth-order valence-electron chi connectivity index (χ4n) is 1.22. The quantitative estimate of drug-likeness (QED) is 0.863. The third kappa shape index (κ3) is 3.70. The standard InChI is InChI=1S/C11H13BrF3N/c1-7(2)6-16-10-5-8(12)3-4-9(10)11(13,14)15/h3-5,7,16H,6H2,1-2H3. The molecule has 16 heavy (non-hydrogen) atoms. The van der Waals surface area contributed by atoms with Crippen LogP contribution in [0.25, 0.3) is 0 Å². The highest BCUT2D eigenvalue weighted by Crippen LogP contribution is 2.36. The molecule has 1 nitrogen and oxygen atoms in total. The van der Waals surface area contributed by atoms with Crippen molar-refractivity contribution in [2.75, 3.05) is 11.9 Å². The lowest BCUT2D eigenvalue weighted by atomic mass is 10.1. The third-order valence-corrected chi connectivity index (χ3v) is 2.48. The molecule has 0 fully saturated rings. The maximum absolute atomic E-state index is 12.6. The number of rotatable bonds is 3. The lowest BCUT2D eigenvalue weighted by Crippen LogP contribution is -2.14. The maximum Gasteiger partial charge on any atom is 0.418 e. The zero-order valence-corrected chi connectivity index (χ0v) is 10.6. The lowest BCUT2D eigenvalue weighted by Gasteiger charge is -2.16. The summed E-state index contributed by atoms with van der Waals surface area (Å²) in [6.45, 7) is 4.40. The highest BCUT2D eigenvalue weighted by Gasteiger charge is 2.33. The second-order valence-corrected chi connectivity index (χ2v) is 4.88. The fraction of sp³-hybridized carbons (Fsp3) is 0.455. The molecule has 0 saturated carbocycles. The van der Waals surface area contributed by atoms with Crippen molar-refractivity contribution in [3.63, 3.8) is 0 Å². The van der Waals surface area contributed by atoms with Gasteiger partial charge in [-0.05, 0) is 24.1 Å². The van der Waals surface area contributed by atoms with Crippen molar-refractivity contribution in [3.8, 4) is 0 Å². The Kier molecular flexibility index (Phi) is 4.24. The van der Waals surface area contributed by atoms with Gasteiger partial charge in [0.25, 0.3) is 0 Å². The van der Waals surface area contributed by atoms with E-state index in [-0.39, 0.29) is 5.69 Å². The van der Waals surface area contributed by atoms with Crippen LogP contribution >= 0.6 is 15.9 Å². The Bertz CT molecular complexity index is 361. The Labute approximate surface area is 101 Å². The molecule has 0 radical (unpaired) electrons. The molecule has 90 valence electrons. The number of hydrogen-bond acceptors (Lipinski definition) is 1. The summed E-state index contributed by atoms with van der Waals surface area (Å²) in [5.41, 5.74) is -0.507. The Balaban J connectivity index is 2.99. The lowest BCUT2D eigenvalue weighted by molar-refractivity contribution is -0.137. The van der Waals surface area contributed by atoms with Crippen LogP contribution in [-0.4, -0.2) is 6.54 Å². The zero-order valence-electron chi connectivity index (χ0n) is 9.03. The molecule has 0 saturated heterocycles. The molecule has 0 atom stereocenters. The van der Waals surface area contributed by atoms with Crippen LogP contribution < -0.4 is 5.32 Å². The Morgan fingerprint density at radius 2 is 1.94 bits per heavy atom. The minimum Gasteiger partial charge on any atom is -0.384 e. The van der Waals surface area contributed by atoms with E-state index >= 15 is 0 Å². The van der Waals surface area contributed by atoms with Gasteiger partial charge in [-0.2, -0.15) is 13.2 Å². The average Bonchev–Trinajstić information content (AvgIpc) is 2.12. The molecule has 0 aliphatic rings. The van der Waals surface area contributed by atoms with Crippen molar-refractivity contribution in [1.29, 1.82) is 0 Å². The molecule has 0 bridgehead atoms. The number of benzene rings is 1. The Morgan fingerprint density at radius 3 is 2.44 bits per heavy atom. The van der Waals surface area contributed by atoms with E-state index in [1.165, 1.54) is 12.1 Å². The summed E-state index contributed by atoms with van der Waals surface area (Å²) < 4.78 is 38.6. The molecular weight excluding hydrogens is 283 g/mol. The van der Waals surface area contributed by atoms with Gasteiger partial charge in [0.1, 0.15) is 0 Å². The smallest absolute Gasteiger partial charge is 0.384 e. The van der Waals surface area contributed by atoms with E-state index in [4.69, 9.17) is 0 Å². The van der Waals surface area contributed by atoms with E-state index in [1.807, 2.05) is 13.8 Å². The zero-order chi connectivity index (χ0) is 12.3. The minimum absolute atomic E-state index is 0.121. The van der Waals surface area contributed by atoms with Crippen LogP contribution in [0.15, 0.2) is 22.7 Å². The summed E-state index contributed by atoms with van der Waals surface area (Å²) in [5, 5.41) is 2.81. The van der Waals surface area contributed by atoms with Gasteiger partial charge in [0.2, 0.25) is 0 Å². The normalized spacial score (nSPS) is 11.9. The highest BCUT2D eigenvalue weighted by molar-refractivity contribution is 9.10. The summed E-state index contributed by atoms with van der Waals surface area (Å²) in [7, 11) is 0. The minimum atomic E-state index is -4.32. The van der Waals surface area contributed by atoms with Crippen molar-refractivity contribution < 1.29 is 13.2 Å². The van der Waals surface area contributed by atoms with Crippen LogP contribution in [0.1, 0.15) is 19.4 Å².